The second-order valence-electron chi connectivity index (χ2n) is 10.7. The van der Waals surface area contributed by atoms with Gasteiger partial charge in [0.05, 0.1) is 17.5 Å². The zero-order chi connectivity index (χ0) is 30.1. The Morgan fingerprint density at radius 3 is 2.29 bits per heavy atom. The molecule has 3 amide bonds. The maximum Gasteiger partial charge on any atom is 0.410 e. The molecule has 13 heteroatoms. The lowest BCUT2D eigenvalue weighted by Gasteiger charge is -2.35. The summed E-state index contributed by atoms with van der Waals surface area (Å²) in [5.41, 5.74) is 0.996. The van der Waals surface area contributed by atoms with Crippen LogP contribution in [0.15, 0.2) is 30.5 Å². The number of hydrogen-bond donors (Lipinski definition) is 2. The van der Waals surface area contributed by atoms with Gasteiger partial charge in [0, 0.05) is 51.5 Å². The quantitative estimate of drug-likeness (QED) is 0.445. The zero-order valence-electron chi connectivity index (χ0n) is 23.8. The molecule has 3 aromatic rings. The lowest BCUT2D eigenvalue weighted by molar-refractivity contribution is 0.0140. The lowest BCUT2D eigenvalue weighted by atomic mass is 10.1. The Hall–Kier alpha value is -4.55. The lowest BCUT2D eigenvalue weighted by Crippen LogP contribution is -2.51. The van der Waals surface area contributed by atoms with Crippen LogP contribution in [0.1, 0.15) is 47.3 Å². The Bertz CT molecular complexity index is 1490. The van der Waals surface area contributed by atoms with Crippen LogP contribution in [0.2, 0.25) is 0 Å². The Labute approximate surface area is 236 Å². The van der Waals surface area contributed by atoms with Crippen molar-refractivity contribution in [2.24, 2.45) is 7.05 Å². The number of pyridine rings is 1. The largest absolute Gasteiger partial charge is 0.444 e. The van der Waals surface area contributed by atoms with Crippen LogP contribution in [0.4, 0.5) is 25.1 Å². The molecule has 1 aliphatic heterocycles. The summed E-state index contributed by atoms with van der Waals surface area (Å²) in [6.07, 6.45) is 0.865. The first-order valence-corrected chi connectivity index (χ1v) is 13.0. The van der Waals surface area contributed by atoms with Gasteiger partial charge in [-0.2, -0.15) is 9.37 Å². The highest BCUT2D eigenvalue weighted by atomic mass is 19.1. The summed E-state index contributed by atoms with van der Waals surface area (Å²) in [7, 11) is 2.94. The van der Waals surface area contributed by atoms with Gasteiger partial charge in [0.15, 0.2) is 17.5 Å². The fraction of sp³-hybridized carbons (Fsp3) is 0.393. The van der Waals surface area contributed by atoms with Crippen molar-refractivity contribution in [1.82, 2.24) is 24.3 Å². The molecule has 0 atom stereocenters. The van der Waals surface area contributed by atoms with Gasteiger partial charge in [-0.05, 0) is 57.5 Å². The number of ether oxygens (including phenoxy) is 1. The summed E-state index contributed by atoms with van der Waals surface area (Å²) in [5, 5.41) is 5.20. The second-order valence-corrected chi connectivity index (χ2v) is 10.7. The third kappa shape index (κ3) is 6.44. The predicted octanol–water partition coefficient (Wildman–Crippen LogP) is 4.06. The van der Waals surface area contributed by atoms with Crippen molar-refractivity contribution in [2.45, 2.75) is 33.3 Å². The van der Waals surface area contributed by atoms with Crippen molar-refractivity contribution in [2.75, 3.05) is 43.9 Å². The Balaban J connectivity index is 1.42. The molecule has 41 heavy (non-hydrogen) atoms. The summed E-state index contributed by atoms with van der Waals surface area (Å²) in [5.74, 6) is -2.66. The fourth-order valence-electron chi connectivity index (χ4n) is 4.45. The minimum Gasteiger partial charge on any atom is -0.444 e. The molecule has 0 aliphatic carbocycles. The molecule has 1 fully saturated rings. The molecule has 0 saturated carbocycles. The predicted molar refractivity (Wildman–Crippen MR) is 149 cm³/mol. The topological polar surface area (TPSA) is 122 Å². The van der Waals surface area contributed by atoms with E-state index in [9.17, 15) is 23.2 Å². The third-order valence-electron chi connectivity index (χ3n) is 6.57. The molecule has 0 spiro atoms. The average molecular weight is 570 g/mol. The molecule has 1 saturated heterocycles. The number of amides is 3. The zero-order valence-corrected chi connectivity index (χ0v) is 23.8. The van der Waals surface area contributed by atoms with Crippen LogP contribution in [0.5, 0.6) is 0 Å². The van der Waals surface area contributed by atoms with E-state index in [1.807, 2.05) is 0 Å². The number of nitrogens with one attached hydrogen (secondary N) is 2. The van der Waals surface area contributed by atoms with Crippen LogP contribution in [-0.2, 0) is 11.8 Å². The highest BCUT2D eigenvalue weighted by Gasteiger charge is 2.29. The van der Waals surface area contributed by atoms with Crippen LogP contribution in [0.25, 0.3) is 11.3 Å². The van der Waals surface area contributed by atoms with Crippen molar-refractivity contribution in [3.8, 4) is 11.3 Å². The van der Waals surface area contributed by atoms with E-state index in [1.165, 1.54) is 24.9 Å². The van der Waals surface area contributed by atoms with Gasteiger partial charge in [0.1, 0.15) is 5.60 Å². The van der Waals surface area contributed by atoms with E-state index in [-0.39, 0.29) is 28.8 Å². The average Bonchev–Trinajstić information content (AvgIpc) is 3.29. The van der Waals surface area contributed by atoms with Gasteiger partial charge < -0.3 is 29.7 Å². The molecule has 1 aromatic carbocycles. The van der Waals surface area contributed by atoms with Gasteiger partial charge in [-0.15, -0.1) is 0 Å². The number of carbonyl (C=O) groups excluding carboxylic acids is 3. The number of benzene rings is 1. The smallest absolute Gasteiger partial charge is 0.410 e. The first-order valence-electron chi connectivity index (χ1n) is 13.0. The number of carbonyl (C=O) groups is 3. The molecule has 0 unspecified atom stereocenters. The highest BCUT2D eigenvalue weighted by Crippen LogP contribution is 2.26. The van der Waals surface area contributed by atoms with Gasteiger partial charge in [-0.3, -0.25) is 9.59 Å². The third-order valence-corrected chi connectivity index (χ3v) is 6.57. The summed E-state index contributed by atoms with van der Waals surface area (Å²) in [6.45, 7) is 8.65. The first kappa shape index (κ1) is 29.4. The molecule has 2 aromatic heterocycles. The first-order chi connectivity index (χ1) is 19.3. The standard InChI is InChI=1S/C28H33F2N7O4/c1-16-13-17(7-8-18(16)26(39)36-9-11-37(12-10-36)27(40)41-28(2,3)4)33-25(38)24-32-15-21(35(24)6)19-14-20(29)23(31-5)34-22(19)30/h7-8,13-15H,9-12H2,1-6H3,(H,31,34)(H,33,38). The van der Waals surface area contributed by atoms with Crippen LogP contribution in [0, 0.1) is 18.7 Å². The van der Waals surface area contributed by atoms with Gasteiger partial charge in [0.25, 0.3) is 11.8 Å². The summed E-state index contributed by atoms with van der Waals surface area (Å²) in [6, 6.07) is 5.89. The Kier molecular flexibility index (Phi) is 8.27. The number of halogens is 2. The van der Waals surface area contributed by atoms with E-state index in [2.05, 4.69) is 20.6 Å². The van der Waals surface area contributed by atoms with E-state index in [0.717, 1.165) is 6.07 Å². The number of anilines is 2. The maximum atomic E-state index is 14.5. The number of aryl methyl sites for hydroxylation is 1. The van der Waals surface area contributed by atoms with E-state index >= 15 is 0 Å². The van der Waals surface area contributed by atoms with Crippen LogP contribution < -0.4 is 10.6 Å². The van der Waals surface area contributed by atoms with Gasteiger partial charge in [-0.1, -0.05) is 0 Å². The van der Waals surface area contributed by atoms with Crippen LogP contribution >= 0.6 is 0 Å². The van der Waals surface area contributed by atoms with E-state index in [1.54, 1.807) is 55.7 Å². The summed E-state index contributed by atoms with van der Waals surface area (Å²) in [4.78, 5) is 49.4. The molecular weight excluding hydrogens is 536 g/mol. The fourth-order valence-corrected chi connectivity index (χ4v) is 4.45. The molecule has 1 aliphatic rings. The van der Waals surface area contributed by atoms with Crippen LogP contribution in [0.3, 0.4) is 0 Å². The van der Waals surface area contributed by atoms with Gasteiger partial charge in [-0.25, -0.2) is 14.2 Å². The Morgan fingerprint density at radius 1 is 1.02 bits per heavy atom. The van der Waals surface area contributed by atoms with Crippen molar-refractivity contribution < 1.29 is 27.9 Å². The number of nitrogens with zero attached hydrogens (tertiary/aromatic N) is 5. The molecule has 11 nitrogen and oxygen atoms in total. The number of piperazine rings is 1. The van der Waals surface area contributed by atoms with E-state index < -0.39 is 29.4 Å². The number of rotatable bonds is 5. The van der Waals surface area contributed by atoms with E-state index in [0.29, 0.717) is 43.0 Å². The number of imidazole rings is 1. The minimum atomic E-state index is -0.909. The molecule has 0 bridgehead atoms. The number of aromatic nitrogens is 3. The van der Waals surface area contributed by atoms with Crippen molar-refractivity contribution in [3.05, 3.63) is 59.2 Å². The SMILES string of the molecule is CNc1nc(F)c(-c2cnc(C(=O)Nc3ccc(C(=O)N4CCN(C(=O)OC(C)(C)C)CC4)c(C)c3)n2C)cc1F. The van der Waals surface area contributed by atoms with Crippen molar-refractivity contribution >= 4 is 29.4 Å². The van der Waals surface area contributed by atoms with Gasteiger partial charge >= 0.3 is 6.09 Å². The molecule has 218 valence electrons. The summed E-state index contributed by atoms with van der Waals surface area (Å²) >= 11 is 0. The van der Waals surface area contributed by atoms with E-state index in [4.69, 9.17) is 4.74 Å². The highest BCUT2D eigenvalue weighted by molar-refractivity contribution is 6.03. The minimum absolute atomic E-state index is 0.0295. The monoisotopic (exact) mass is 569 g/mol. The van der Waals surface area contributed by atoms with Crippen molar-refractivity contribution in [3.63, 3.8) is 0 Å². The maximum absolute atomic E-state index is 14.5. The molecule has 2 N–H and O–H groups in total. The normalized spacial score (nSPS) is 13.7. The molecule has 3 heterocycles. The van der Waals surface area contributed by atoms with Crippen LogP contribution in [-0.4, -0.2) is 81.1 Å². The van der Waals surface area contributed by atoms with Gasteiger partial charge in [0.2, 0.25) is 5.95 Å². The number of hydrogen-bond acceptors (Lipinski definition) is 7. The molecule has 4 rings (SSSR count). The molecule has 0 radical (unpaired) electrons. The Morgan fingerprint density at radius 2 is 1.68 bits per heavy atom. The molecular formula is C28H33F2N7O4. The summed E-state index contributed by atoms with van der Waals surface area (Å²) < 4.78 is 35.5. The second kappa shape index (κ2) is 11.5. The van der Waals surface area contributed by atoms with Crippen molar-refractivity contribution in [1.29, 1.82) is 0 Å².